The normalized spacial score (nSPS) is 18.7. The molecule has 3 heterocycles. The lowest BCUT2D eigenvalue weighted by Gasteiger charge is -2.31. The highest BCUT2D eigenvalue weighted by Gasteiger charge is 2.42. The number of aromatic nitrogens is 1. The second kappa shape index (κ2) is 23.6. The highest BCUT2D eigenvalue weighted by molar-refractivity contribution is 5.99. The van der Waals surface area contributed by atoms with Gasteiger partial charge in [-0.15, -0.1) is 0 Å². The number of carbonyl (C=O) groups is 8. The first-order valence-electron chi connectivity index (χ1n) is 22.6. The topological polar surface area (TPSA) is 325 Å². The van der Waals surface area contributed by atoms with E-state index in [1.54, 1.807) is 18.3 Å². The highest BCUT2D eigenvalue weighted by Crippen LogP contribution is 2.24. The minimum absolute atomic E-state index is 0.0231. The van der Waals surface area contributed by atoms with E-state index in [0.717, 1.165) is 10.9 Å². The fourth-order valence-electron chi connectivity index (χ4n) is 8.54. The Kier molecular flexibility index (Phi) is 18.0. The second-order valence-corrected chi connectivity index (χ2v) is 17.3. The molecule has 2 aliphatic rings. The van der Waals surface area contributed by atoms with Crippen molar-refractivity contribution in [2.45, 2.75) is 127 Å². The van der Waals surface area contributed by atoms with Crippen molar-refractivity contribution in [1.29, 1.82) is 0 Å². The number of hydrogen-bond donors (Lipinski definition) is 10. The van der Waals surface area contributed by atoms with E-state index < -0.39 is 90.1 Å². The van der Waals surface area contributed by atoms with Gasteiger partial charge in [-0.1, -0.05) is 50.6 Å². The highest BCUT2D eigenvalue weighted by atomic mass is 16.4. The number of H-pyrrole nitrogens is 1. The van der Waals surface area contributed by atoms with E-state index in [9.17, 15) is 48.6 Å². The molecule has 1 aromatic heterocycles. The smallest absolute Gasteiger partial charge is 0.326 e. The van der Waals surface area contributed by atoms with Crippen molar-refractivity contribution in [2.24, 2.45) is 23.1 Å². The number of likely N-dealkylation sites (tertiary alicyclic amines) is 2. The van der Waals surface area contributed by atoms with Gasteiger partial charge in [-0.25, -0.2) is 4.79 Å². The molecule has 2 aliphatic heterocycles. The molecule has 0 spiro atoms. The number of benzene rings is 2. The molecule has 5 rings (SSSR count). The number of unbranched alkanes of at least 4 members (excludes halogenated alkanes) is 1. The van der Waals surface area contributed by atoms with Crippen LogP contribution in [-0.2, 0) is 51.2 Å². The Balaban J connectivity index is 1.32. The number of nitrogens with zero attached hydrogens (tertiary/aromatic N) is 2. The van der Waals surface area contributed by atoms with E-state index in [-0.39, 0.29) is 56.3 Å². The number of carboxylic acid groups (broad SMARTS) is 1. The fraction of sp³-hybridized carbons (Fsp3) is 0.522. The average molecular weight is 917 g/mol. The van der Waals surface area contributed by atoms with E-state index in [4.69, 9.17) is 17.2 Å². The number of hydrogen-bond acceptors (Lipinski definition) is 11. The number of aromatic amines is 1. The lowest BCUT2D eigenvalue weighted by molar-refractivity contribution is -0.145. The number of amides is 7. The Hall–Kier alpha value is -6.54. The zero-order valence-electron chi connectivity index (χ0n) is 37.5. The number of carboxylic acids is 1. The summed E-state index contributed by atoms with van der Waals surface area (Å²) in [4.78, 5) is 114. The van der Waals surface area contributed by atoms with Crippen molar-refractivity contribution in [3.8, 4) is 5.75 Å². The number of fused-ring (bicyclic) bond motifs is 1. The summed E-state index contributed by atoms with van der Waals surface area (Å²) in [7, 11) is 0. The molecule has 8 atom stereocenters. The van der Waals surface area contributed by atoms with Gasteiger partial charge >= 0.3 is 5.97 Å². The predicted octanol–water partition coefficient (Wildman–Crippen LogP) is 0.0423. The Morgan fingerprint density at radius 2 is 1.36 bits per heavy atom. The molecule has 13 N–H and O–H groups in total. The average Bonchev–Trinajstić information content (AvgIpc) is 4.08. The molecule has 3 aromatic rings. The van der Waals surface area contributed by atoms with Crippen LogP contribution in [-0.4, -0.2) is 134 Å². The molecule has 2 fully saturated rings. The van der Waals surface area contributed by atoms with E-state index in [1.165, 1.54) is 21.9 Å². The van der Waals surface area contributed by atoms with Crippen LogP contribution >= 0.6 is 0 Å². The van der Waals surface area contributed by atoms with Crippen LogP contribution in [0.5, 0.6) is 5.75 Å². The summed E-state index contributed by atoms with van der Waals surface area (Å²) in [5.74, 6) is -6.51. The number of aliphatic carboxylic acids is 1. The summed E-state index contributed by atoms with van der Waals surface area (Å²) >= 11 is 0. The van der Waals surface area contributed by atoms with Gasteiger partial charge < -0.3 is 63.5 Å². The van der Waals surface area contributed by atoms with E-state index in [2.05, 4.69) is 26.3 Å². The third-order valence-corrected chi connectivity index (χ3v) is 12.5. The number of nitrogens with one attached hydrogen (secondary N) is 5. The monoisotopic (exact) mass is 916 g/mol. The molecule has 0 saturated carbocycles. The van der Waals surface area contributed by atoms with Crippen LogP contribution < -0.4 is 38.5 Å². The Morgan fingerprint density at radius 1 is 0.773 bits per heavy atom. The van der Waals surface area contributed by atoms with Gasteiger partial charge in [0.25, 0.3) is 0 Å². The summed E-state index contributed by atoms with van der Waals surface area (Å²) < 4.78 is 0. The Morgan fingerprint density at radius 3 is 1.97 bits per heavy atom. The van der Waals surface area contributed by atoms with Crippen molar-refractivity contribution >= 4 is 58.2 Å². The van der Waals surface area contributed by atoms with Crippen LogP contribution in [0.25, 0.3) is 10.9 Å². The van der Waals surface area contributed by atoms with Gasteiger partial charge in [0.2, 0.25) is 41.4 Å². The molecule has 0 unspecified atom stereocenters. The number of primary amides is 1. The number of carbonyl (C=O) groups excluding carboxylic acids is 7. The van der Waals surface area contributed by atoms with E-state index >= 15 is 0 Å². The third kappa shape index (κ3) is 13.1. The quantitative estimate of drug-likeness (QED) is 0.0564. The van der Waals surface area contributed by atoms with Crippen molar-refractivity contribution in [3.63, 3.8) is 0 Å². The van der Waals surface area contributed by atoms with Gasteiger partial charge in [-0.3, -0.25) is 33.6 Å². The molecule has 2 saturated heterocycles. The van der Waals surface area contributed by atoms with Gasteiger partial charge in [0, 0.05) is 43.0 Å². The number of phenols is 1. The maximum absolute atomic E-state index is 14.3. The molecule has 7 amide bonds. The maximum atomic E-state index is 14.3. The van der Waals surface area contributed by atoms with Crippen LogP contribution in [0.15, 0.2) is 54.7 Å². The summed E-state index contributed by atoms with van der Waals surface area (Å²) in [6.45, 7) is 4.40. The summed E-state index contributed by atoms with van der Waals surface area (Å²) in [5.41, 5.74) is 19.6. The first-order chi connectivity index (χ1) is 31.5. The molecule has 20 heteroatoms. The van der Waals surface area contributed by atoms with Crippen LogP contribution in [0.3, 0.4) is 0 Å². The minimum Gasteiger partial charge on any atom is -0.508 e. The Labute approximate surface area is 383 Å². The fourth-order valence-corrected chi connectivity index (χ4v) is 8.54. The summed E-state index contributed by atoms with van der Waals surface area (Å²) in [5, 5.41) is 31.4. The molecule has 20 nitrogen and oxygen atoms in total. The van der Waals surface area contributed by atoms with Crippen LogP contribution in [0.4, 0.5) is 0 Å². The third-order valence-electron chi connectivity index (χ3n) is 12.5. The number of phenolic OH excluding ortho intramolecular Hbond substituents is 1. The van der Waals surface area contributed by atoms with Gasteiger partial charge in [0.05, 0.1) is 12.5 Å². The van der Waals surface area contributed by atoms with Crippen molar-refractivity contribution < 1.29 is 48.6 Å². The van der Waals surface area contributed by atoms with Gasteiger partial charge in [-0.2, -0.15) is 0 Å². The number of aromatic hydroxyl groups is 1. The molecule has 66 heavy (non-hydrogen) atoms. The van der Waals surface area contributed by atoms with Gasteiger partial charge in [0.15, 0.2) is 0 Å². The van der Waals surface area contributed by atoms with Gasteiger partial charge in [-0.05, 0) is 86.7 Å². The predicted molar refractivity (Wildman–Crippen MR) is 243 cm³/mol. The zero-order valence-corrected chi connectivity index (χ0v) is 37.5. The van der Waals surface area contributed by atoms with Crippen LogP contribution in [0, 0.1) is 5.92 Å². The minimum atomic E-state index is -1.57. The lowest BCUT2D eigenvalue weighted by Crippen LogP contribution is -2.60. The molecule has 0 radical (unpaired) electrons. The molecule has 2 aromatic carbocycles. The number of para-hydroxylation sites is 1. The van der Waals surface area contributed by atoms with Crippen LogP contribution in [0.2, 0.25) is 0 Å². The molecule has 358 valence electrons. The summed E-state index contributed by atoms with van der Waals surface area (Å²) in [6, 6.07) is 4.92. The lowest BCUT2D eigenvalue weighted by atomic mass is 9.98. The van der Waals surface area contributed by atoms with Crippen molar-refractivity contribution in [2.75, 3.05) is 19.6 Å². The second-order valence-electron chi connectivity index (χ2n) is 17.3. The standard InChI is InChI=1S/C46H64N10O10/c1-3-26(2)39(49)45(64)56-21-9-14-37(56)42(61)52-33(22-27-15-17-29(57)18-16-27)41(60)51-32(12-6-7-19-47)40(59)53-34(24-38(48)58)44(63)55-20-8-13-36(55)43(62)54-35(46(65)66)23-28-25-50-31-11-5-4-10-30(28)31/h4-5,10-11,15-18,25-26,32-37,39,50,57H,3,6-9,12-14,19-24,47,49H2,1-2H3,(H2,48,58)(H,51,60)(H,52,61)(H,53,59)(H,54,62)(H,65,66)/t26-,32-,33-,34-,35-,36-,37-,39-/m0/s1. The van der Waals surface area contributed by atoms with Crippen molar-refractivity contribution in [3.05, 3.63) is 65.9 Å². The Bertz CT molecular complexity index is 2220. The molecule has 0 aliphatic carbocycles. The van der Waals surface area contributed by atoms with Crippen LogP contribution in [0.1, 0.15) is 82.8 Å². The first kappa shape index (κ1) is 50.5. The largest absolute Gasteiger partial charge is 0.508 e. The maximum Gasteiger partial charge on any atom is 0.326 e. The van der Waals surface area contributed by atoms with Gasteiger partial charge in [0.1, 0.15) is 42.0 Å². The summed E-state index contributed by atoms with van der Waals surface area (Å²) in [6.07, 6.45) is 3.81. The molecular formula is C46H64N10O10. The van der Waals surface area contributed by atoms with E-state index in [1.807, 2.05) is 38.1 Å². The first-order valence-corrected chi connectivity index (χ1v) is 22.6. The molecular weight excluding hydrogens is 853 g/mol. The number of nitrogens with two attached hydrogens (primary N) is 3. The zero-order chi connectivity index (χ0) is 48.1. The number of rotatable bonds is 23. The molecule has 0 bridgehead atoms. The van der Waals surface area contributed by atoms with Crippen molar-refractivity contribution in [1.82, 2.24) is 36.1 Å². The van der Waals surface area contributed by atoms with E-state index in [0.29, 0.717) is 56.2 Å². The SMILES string of the molecule is CC[C@H](C)[C@H](N)C(=O)N1CCC[C@H]1C(=O)N[C@@H](Cc1ccc(O)cc1)C(=O)N[C@@H](CCCCN)C(=O)N[C@@H](CC(N)=O)C(=O)N1CCC[C@H]1C(=O)N[C@@H](Cc1c[nH]c2ccccc12)C(=O)O.